The zero-order valence-electron chi connectivity index (χ0n) is 12.5. The first-order valence-corrected chi connectivity index (χ1v) is 7.66. The lowest BCUT2D eigenvalue weighted by molar-refractivity contribution is -0.136. The molecule has 0 radical (unpaired) electrons. The summed E-state index contributed by atoms with van der Waals surface area (Å²) < 4.78 is 10.4. The van der Waals surface area contributed by atoms with Crippen LogP contribution in [0.5, 0.6) is 11.5 Å². The van der Waals surface area contributed by atoms with Crippen LogP contribution < -0.4 is 9.47 Å². The summed E-state index contributed by atoms with van der Waals surface area (Å²) in [7, 11) is 0. The molecule has 0 unspecified atom stereocenters. The van der Waals surface area contributed by atoms with Gasteiger partial charge in [-0.1, -0.05) is 29.8 Å². The normalized spacial score (nSPS) is 19.0. The number of esters is 2. The van der Waals surface area contributed by atoms with Gasteiger partial charge in [0.05, 0.1) is 5.92 Å². The van der Waals surface area contributed by atoms with Crippen LogP contribution in [0.1, 0.15) is 24.8 Å². The van der Waals surface area contributed by atoms with Gasteiger partial charge in [0, 0.05) is 18.0 Å². The minimum atomic E-state index is -0.418. The second-order valence-electron chi connectivity index (χ2n) is 5.49. The van der Waals surface area contributed by atoms with Gasteiger partial charge < -0.3 is 9.47 Å². The van der Waals surface area contributed by atoms with Crippen molar-refractivity contribution < 1.29 is 19.1 Å². The summed E-state index contributed by atoms with van der Waals surface area (Å²) in [6.45, 7) is 1.32. The minimum absolute atomic E-state index is 0.145. The molecule has 1 aliphatic rings. The van der Waals surface area contributed by atoms with E-state index in [0.717, 1.165) is 12.0 Å². The summed E-state index contributed by atoms with van der Waals surface area (Å²) in [5, 5.41) is 0.677. The van der Waals surface area contributed by atoms with E-state index in [1.165, 1.54) is 13.0 Å². The monoisotopic (exact) mass is 330 g/mol. The molecule has 0 heterocycles. The molecule has 1 fully saturated rings. The van der Waals surface area contributed by atoms with Crippen LogP contribution in [0.3, 0.4) is 0 Å². The van der Waals surface area contributed by atoms with Crippen molar-refractivity contribution in [2.75, 3.05) is 0 Å². The maximum absolute atomic E-state index is 12.2. The van der Waals surface area contributed by atoms with Crippen molar-refractivity contribution in [2.45, 2.75) is 19.3 Å². The highest BCUT2D eigenvalue weighted by atomic mass is 35.5. The standard InChI is InChI=1S/C18H15ClO4/c1-11(20)22-14-3-2-4-15(9-14)23-18(21)17-10-16(17)12-5-7-13(19)8-6-12/h2-9,16-17H,10H2,1H3/t16-,17-/m0/s1. The van der Waals surface area contributed by atoms with Crippen molar-refractivity contribution in [2.24, 2.45) is 5.92 Å². The molecule has 0 aliphatic heterocycles. The lowest BCUT2D eigenvalue weighted by Crippen LogP contribution is -2.11. The van der Waals surface area contributed by atoms with Gasteiger partial charge in [-0.3, -0.25) is 9.59 Å². The summed E-state index contributed by atoms with van der Waals surface area (Å²) in [6.07, 6.45) is 0.768. The topological polar surface area (TPSA) is 52.6 Å². The molecule has 0 amide bonds. The van der Waals surface area contributed by atoms with E-state index in [-0.39, 0.29) is 17.8 Å². The summed E-state index contributed by atoms with van der Waals surface area (Å²) in [5.74, 6) is 0.0664. The number of carbonyl (C=O) groups excluding carboxylic acids is 2. The van der Waals surface area contributed by atoms with E-state index < -0.39 is 5.97 Å². The summed E-state index contributed by atoms with van der Waals surface area (Å²) in [6, 6.07) is 14.0. The van der Waals surface area contributed by atoms with E-state index in [4.69, 9.17) is 21.1 Å². The Kier molecular flexibility index (Phi) is 4.35. The van der Waals surface area contributed by atoms with Gasteiger partial charge >= 0.3 is 11.9 Å². The smallest absolute Gasteiger partial charge is 0.314 e. The molecule has 118 valence electrons. The molecule has 0 N–H and O–H groups in total. The molecule has 2 aromatic carbocycles. The Bertz CT molecular complexity index is 739. The first-order chi connectivity index (χ1) is 11.0. The Hall–Kier alpha value is -2.33. The fourth-order valence-corrected chi connectivity index (χ4v) is 2.62. The number of carbonyl (C=O) groups is 2. The van der Waals surface area contributed by atoms with Crippen LogP contribution in [-0.4, -0.2) is 11.9 Å². The molecule has 2 aromatic rings. The minimum Gasteiger partial charge on any atom is -0.427 e. The predicted molar refractivity (Wildman–Crippen MR) is 85.7 cm³/mol. The fourth-order valence-electron chi connectivity index (χ4n) is 2.49. The van der Waals surface area contributed by atoms with Gasteiger partial charge in [-0.15, -0.1) is 0 Å². The molecule has 0 saturated heterocycles. The molecule has 1 aliphatic carbocycles. The molecule has 5 heteroatoms. The third-order valence-corrected chi connectivity index (χ3v) is 3.93. The second-order valence-corrected chi connectivity index (χ2v) is 5.93. The molecule has 2 atom stereocenters. The first-order valence-electron chi connectivity index (χ1n) is 7.28. The molecule has 0 spiro atoms. The Balaban J connectivity index is 1.62. The van der Waals surface area contributed by atoms with Gasteiger partial charge in [0.25, 0.3) is 0 Å². The molecular formula is C18H15ClO4. The maximum Gasteiger partial charge on any atom is 0.314 e. The lowest BCUT2D eigenvalue weighted by Gasteiger charge is -2.06. The number of halogens is 1. The van der Waals surface area contributed by atoms with Gasteiger partial charge in [-0.05, 0) is 42.2 Å². The highest BCUT2D eigenvalue weighted by Crippen LogP contribution is 2.48. The first kappa shape index (κ1) is 15.6. The number of benzene rings is 2. The molecule has 4 nitrogen and oxygen atoms in total. The van der Waals surface area contributed by atoms with Crippen molar-refractivity contribution in [1.82, 2.24) is 0 Å². The van der Waals surface area contributed by atoms with Crippen LogP contribution >= 0.6 is 11.6 Å². The lowest BCUT2D eigenvalue weighted by atomic mass is 10.1. The summed E-state index contributed by atoms with van der Waals surface area (Å²) in [4.78, 5) is 23.2. The third kappa shape index (κ3) is 3.90. The molecule has 0 bridgehead atoms. The molecule has 0 aromatic heterocycles. The molecule has 23 heavy (non-hydrogen) atoms. The summed E-state index contributed by atoms with van der Waals surface area (Å²) in [5.41, 5.74) is 1.09. The van der Waals surface area contributed by atoms with E-state index in [1.54, 1.807) is 18.2 Å². The Labute approximate surface area is 139 Å². The van der Waals surface area contributed by atoms with E-state index >= 15 is 0 Å². The van der Waals surface area contributed by atoms with Gasteiger partial charge in [-0.2, -0.15) is 0 Å². The zero-order valence-corrected chi connectivity index (χ0v) is 13.2. The van der Waals surface area contributed by atoms with Crippen LogP contribution in [0.2, 0.25) is 5.02 Å². The van der Waals surface area contributed by atoms with Crippen LogP contribution in [-0.2, 0) is 9.59 Å². The SMILES string of the molecule is CC(=O)Oc1cccc(OC(=O)[C@H]2C[C@H]2c2ccc(Cl)cc2)c1. The predicted octanol–water partition coefficient (Wildman–Crippen LogP) is 3.97. The van der Waals surface area contributed by atoms with Crippen LogP contribution in [0.25, 0.3) is 0 Å². The molecular weight excluding hydrogens is 316 g/mol. The van der Waals surface area contributed by atoms with Crippen molar-refractivity contribution in [3.63, 3.8) is 0 Å². The van der Waals surface area contributed by atoms with E-state index in [1.807, 2.05) is 24.3 Å². The zero-order chi connectivity index (χ0) is 16.4. The van der Waals surface area contributed by atoms with Crippen LogP contribution in [0.15, 0.2) is 48.5 Å². The maximum atomic E-state index is 12.2. The Morgan fingerprint density at radius 1 is 1.04 bits per heavy atom. The van der Waals surface area contributed by atoms with Crippen molar-refractivity contribution in [3.8, 4) is 11.5 Å². The largest absolute Gasteiger partial charge is 0.427 e. The number of ether oxygens (including phenoxy) is 2. The van der Waals surface area contributed by atoms with Gasteiger partial charge in [-0.25, -0.2) is 0 Å². The Morgan fingerprint density at radius 2 is 1.70 bits per heavy atom. The van der Waals surface area contributed by atoms with Crippen LogP contribution in [0.4, 0.5) is 0 Å². The number of rotatable bonds is 4. The number of hydrogen-bond acceptors (Lipinski definition) is 4. The van der Waals surface area contributed by atoms with Gasteiger partial charge in [0.1, 0.15) is 11.5 Å². The highest BCUT2D eigenvalue weighted by Gasteiger charge is 2.45. The van der Waals surface area contributed by atoms with Gasteiger partial charge in [0.2, 0.25) is 0 Å². The molecule has 3 rings (SSSR count). The third-order valence-electron chi connectivity index (χ3n) is 3.68. The van der Waals surface area contributed by atoms with Crippen molar-refractivity contribution in [1.29, 1.82) is 0 Å². The average molecular weight is 331 g/mol. The fraction of sp³-hybridized carbons (Fsp3) is 0.222. The summed E-state index contributed by atoms with van der Waals surface area (Å²) >= 11 is 5.87. The van der Waals surface area contributed by atoms with Crippen molar-refractivity contribution >= 4 is 23.5 Å². The van der Waals surface area contributed by atoms with Crippen LogP contribution in [0, 0.1) is 5.92 Å². The quantitative estimate of drug-likeness (QED) is 0.628. The van der Waals surface area contributed by atoms with E-state index in [0.29, 0.717) is 16.5 Å². The van der Waals surface area contributed by atoms with Gasteiger partial charge in [0.15, 0.2) is 0 Å². The van der Waals surface area contributed by atoms with E-state index in [2.05, 4.69) is 0 Å². The highest BCUT2D eigenvalue weighted by molar-refractivity contribution is 6.30. The average Bonchev–Trinajstić information content (AvgIpc) is 3.28. The number of hydrogen-bond donors (Lipinski definition) is 0. The molecule has 1 saturated carbocycles. The van der Waals surface area contributed by atoms with Crippen molar-refractivity contribution in [3.05, 3.63) is 59.1 Å². The second kappa shape index (κ2) is 6.42. The Morgan fingerprint density at radius 3 is 2.35 bits per heavy atom. The van der Waals surface area contributed by atoms with E-state index in [9.17, 15) is 9.59 Å².